The molecule has 0 N–H and O–H groups in total. The third kappa shape index (κ3) is 1.56. The molecule has 122 valence electrons. The van der Waals surface area contributed by atoms with Crippen molar-refractivity contribution < 1.29 is 14.5 Å². The number of nitro benzene ring substituents is 1. The molecule has 6 atom stereocenters. The van der Waals surface area contributed by atoms with E-state index in [0.717, 1.165) is 6.42 Å². The fraction of sp³-hybridized carbons (Fsp3) is 0.444. The number of nitro groups is 1. The highest BCUT2D eigenvalue weighted by Gasteiger charge is 2.67. The summed E-state index contributed by atoms with van der Waals surface area (Å²) in [7, 11) is 0. The molecule has 6 nitrogen and oxygen atoms in total. The summed E-state index contributed by atoms with van der Waals surface area (Å²) in [6, 6.07) is 4.34. The molecule has 1 heterocycles. The lowest BCUT2D eigenvalue weighted by molar-refractivity contribution is -0.384. The van der Waals surface area contributed by atoms with Gasteiger partial charge in [-0.15, -0.1) is 0 Å². The van der Waals surface area contributed by atoms with Gasteiger partial charge < -0.3 is 0 Å². The van der Waals surface area contributed by atoms with Gasteiger partial charge in [0.25, 0.3) is 5.69 Å². The average molecular weight is 324 g/mol. The van der Waals surface area contributed by atoms with Crippen LogP contribution in [0.2, 0.25) is 0 Å². The van der Waals surface area contributed by atoms with Gasteiger partial charge in [-0.25, -0.2) is 4.90 Å². The van der Waals surface area contributed by atoms with E-state index in [1.807, 2.05) is 0 Å². The molecule has 1 aromatic rings. The van der Waals surface area contributed by atoms with Gasteiger partial charge in [-0.05, 0) is 42.6 Å². The number of carbonyl (C=O) groups is 2. The van der Waals surface area contributed by atoms with Crippen LogP contribution in [-0.2, 0) is 9.59 Å². The number of rotatable bonds is 2. The van der Waals surface area contributed by atoms with Crippen LogP contribution in [-0.4, -0.2) is 16.7 Å². The second-order valence-electron chi connectivity index (χ2n) is 7.39. The van der Waals surface area contributed by atoms with Crippen molar-refractivity contribution in [2.24, 2.45) is 35.5 Å². The van der Waals surface area contributed by atoms with Crippen LogP contribution in [0.15, 0.2) is 30.4 Å². The highest BCUT2D eigenvalue weighted by atomic mass is 16.6. The summed E-state index contributed by atoms with van der Waals surface area (Å²) < 4.78 is 0. The van der Waals surface area contributed by atoms with Crippen LogP contribution in [0.25, 0.3) is 0 Å². The molecular weight excluding hydrogens is 308 g/mol. The molecule has 2 bridgehead atoms. The van der Waals surface area contributed by atoms with E-state index in [1.165, 1.54) is 17.0 Å². The van der Waals surface area contributed by atoms with Crippen LogP contribution >= 0.6 is 0 Å². The van der Waals surface area contributed by atoms with Gasteiger partial charge in [-0.1, -0.05) is 18.2 Å². The summed E-state index contributed by atoms with van der Waals surface area (Å²) in [4.78, 5) is 37.9. The lowest BCUT2D eigenvalue weighted by Gasteiger charge is -2.37. The Morgan fingerprint density at radius 3 is 2.21 bits per heavy atom. The van der Waals surface area contributed by atoms with E-state index in [2.05, 4.69) is 12.2 Å². The molecule has 0 spiro atoms. The number of carbonyl (C=O) groups excluding carboxylic acids is 2. The molecule has 5 aliphatic rings. The Morgan fingerprint density at radius 1 is 1.08 bits per heavy atom. The summed E-state index contributed by atoms with van der Waals surface area (Å²) in [6.45, 7) is 1.77. The monoisotopic (exact) mass is 324 g/mol. The molecule has 0 radical (unpaired) electrons. The van der Waals surface area contributed by atoms with Gasteiger partial charge in [0.2, 0.25) is 11.8 Å². The first-order valence-electron chi connectivity index (χ1n) is 8.30. The Morgan fingerprint density at radius 2 is 1.67 bits per heavy atom. The molecule has 6 heteroatoms. The van der Waals surface area contributed by atoms with Crippen molar-refractivity contribution >= 4 is 23.2 Å². The van der Waals surface area contributed by atoms with Crippen molar-refractivity contribution in [3.63, 3.8) is 0 Å². The zero-order valence-corrected chi connectivity index (χ0v) is 13.1. The molecule has 1 aromatic carbocycles. The Bertz CT molecular complexity index is 809. The van der Waals surface area contributed by atoms with Crippen molar-refractivity contribution in [2.45, 2.75) is 13.3 Å². The van der Waals surface area contributed by atoms with E-state index in [-0.39, 0.29) is 41.2 Å². The zero-order chi connectivity index (χ0) is 16.7. The minimum absolute atomic E-state index is 0.102. The predicted octanol–water partition coefficient (Wildman–Crippen LogP) is 2.46. The summed E-state index contributed by atoms with van der Waals surface area (Å²) in [5, 5.41) is 11.1. The fourth-order valence-corrected chi connectivity index (χ4v) is 5.15. The van der Waals surface area contributed by atoms with E-state index in [0.29, 0.717) is 23.1 Å². The number of allylic oxidation sites excluding steroid dienone is 2. The van der Waals surface area contributed by atoms with Crippen molar-refractivity contribution in [2.75, 3.05) is 4.90 Å². The normalized spacial score (nSPS) is 38.3. The first kappa shape index (κ1) is 13.9. The molecule has 4 aliphatic carbocycles. The van der Waals surface area contributed by atoms with Gasteiger partial charge >= 0.3 is 0 Å². The third-order valence-corrected chi connectivity index (χ3v) is 6.31. The van der Waals surface area contributed by atoms with Crippen LogP contribution < -0.4 is 4.90 Å². The minimum Gasteiger partial charge on any atom is -0.274 e. The van der Waals surface area contributed by atoms with E-state index in [4.69, 9.17) is 0 Å². The summed E-state index contributed by atoms with van der Waals surface area (Å²) in [6.07, 6.45) is 5.36. The van der Waals surface area contributed by atoms with Gasteiger partial charge in [0.1, 0.15) is 0 Å². The maximum atomic E-state index is 13.0. The summed E-state index contributed by atoms with van der Waals surface area (Å²) >= 11 is 0. The topological polar surface area (TPSA) is 80.5 Å². The van der Waals surface area contributed by atoms with Gasteiger partial charge in [0.15, 0.2) is 0 Å². The second kappa shape index (κ2) is 4.32. The van der Waals surface area contributed by atoms with E-state index in [1.54, 1.807) is 13.0 Å². The van der Waals surface area contributed by atoms with Crippen LogP contribution in [0.1, 0.15) is 12.0 Å². The van der Waals surface area contributed by atoms with Crippen LogP contribution in [0, 0.1) is 52.5 Å². The Balaban J connectivity index is 1.60. The molecule has 6 rings (SSSR count). The number of hydrogen-bond donors (Lipinski definition) is 0. The predicted molar refractivity (Wildman–Crippen MR) is 85.0 cm³/mol. The summed E-state index contributed by atoms with van der Waals surface area (Å²) in [5.41, 5.74) is 0.961. The van der Waals surface area contributed by atoms with Crippen LogP contribution in [0.5, 0.6) is 0 Å². The standard InChI is InChI=1S/C18H16N2O4/c1-8-2-3-9(20(23)24)6-14(8)19-17(21)15-10-4-5-11(13-7-12(10)13)16(15)18(19)22/h2-6,10-13,15-16H,7H2,1H3/t10-,11-,12-,13-,15-,16+/m1/s1. The lowest BCUT2D eigenvalue weighted by Crippen LogP contribution is -2.40. The number of non-ortho nitro benzene ring substituents is 1. The quantitative estimate of drug-likeness (QED) is 0.362. The van der Waals surface area contributed by atoms with E-state index in [9.17, 15) is 19.7 Å². The molecule has 0 unspecified atom stereocenters. The van der Waals surface area contributed by atoms with Crippen LogP contribution in [0.3, 0.4) is 0 Å². The number of hydrogen-bond acceptors (Lipinski definition) is 4. The zero-order valence-electron chi connectivity index (χ0n) is 13.1. The first-order valence-corrected chi connectivity index (χ1v) is 8.30. The molecule has 1 aliphatic heterocycles. The SMILES string of the molecule is Cc1ccc([N+](=O)[O-])cc1N1C(=O)[C@@H]2[C@@H]3C=C[C@H]([C@H]4C[C@H]34)[C@@H]2C1=O. The molecule has 3 fully saturated rings. The molecule has 24 heavy (non-hydrogen) atoms. The average Bonchev–Trinajstić information content (AvgIpc) is 3.33. The Kier molecular flexibility index (Phi) is 2.50. The Hall–Kier alpha value is -2.50. The molecular formula is C18H16N2O4. The van der Waals surface area contributed by atoms with Crippen molar-refractivity contribution in [1.82, 2.24) is 0 Å². The van der Waals surface area contributed by atoms with Crippen molar-refractivity contribution in [3.8, 4) is 0 Å². The second-order valence-corrected chi connectivity index (χ2v) is 7.39. The third-order valence-electron chi connectivity index (χ3n) is 6.31. The number of benzene rings is 1. The van der Waals surface area contributed by atoms with Gasteiger partial charge in [0, 0.05) is 12.1 Å². The fourth-order valence-electron chi connectivity index (χ4n) is 5.15. The number of nitrogens with zero attached hydrogens (tertiary/aromatic N) is 2. The van der Waals surface area contributed by atoms with Crippen molar-refractivity contribution in [3.05, 3.63) is 46.0 Å². The molecule has 1 saturated heterocycles. The highest BCUT2D eigenvalue weighted by molar-refractivity contribution is 6.23. The number of aryl methyl sites for hydroxylation is 1. The molecule has 2 amide bonds. The molecule has 0 aromatic heterocycles. The lowest BCUT2D eigenvalue weighted by atomic mass is 9.63. The maximum absolute atomic E-state index is 13.0. The number of imide groups is 1. The van der Waals surface area contributed by atoms with Crippen LogP contribution in [0.4, 0.5) is 11.4 Å². The number of amides is 2. The largest absolute Gasteiger partial charge is 0.274 e. The first-order chi connectivity index (χ1) is 11.5. The van der Waals surface area contributed by atoms with Gasteiger partial charge in [-0.2, -0.15) is 0 Å². The van der Waals surface area contributed by atoms with E-state index >= 15 is 0 Å². The van der Waals surface area contributed by atoms with Gasteiger partial charge in [0.05, 0.1) is 22.4 Å². The minimum atomic E-state index is -0.499. The number of anilines is 1. The highest BCUT2D eigenvalue weighted by Crippen LogP contribution is 2.65. The Labute approximate surface area is 138 Å². The van der Waals surface area contributed by atoms with E-state index < -0.39 is 4.92 Å². The smallest absolute Gasteiger partial charge is 0.271 e. The van der Waals surface area contributed by atoms with Gasteiger partial charge in [-0.3, -0.25) is 19.7 Å². The molecule has 2 saturated carbocycles. The van der Waals surface area contributed by atoms with Crippen molar-refractivity contribution in [1.29, 1.82) is 0 Å². The summed E-state index contributed by atoms with van der Waals surface area (Å²) in [5.74, 6) is 0.477. The maximum Gasteiger partial charge on any atom is 0.271 e.